The van der Waals surface area contributed by atoms with Crippen molar-refractivity contribution in [2.24, 2.45) is 11.8 Å². The highest BCUT2D eigenvalue weighted by Gasteiger charge is 2.47. The van der Waals surface area contributed by atoms with Crippen molar-refractivity contribution < 1.29 is 0 Å². The van der Waals surface area contributed by atoms with E-state index in [2.05, 4.69) is 49.1 Å². The van der Waals surface area contributed by atoms with E-state index in [0.717, 1.165) is 25.6 Å². The Morgan fingerprint density at radius 2 is 1.86 bits per heavy atom. The smallest absolute Gasteiger partial charge is 0.122 e. The van der Waals surface area contributed by atoms with E-state index in [1.54, 1.807) is 0 Å². The molecule has 21 heavy (non-hydrogen) atoms. The fourth-order valence-electron chi connectivity index (χ4n) is 3.74. The highest BCUT2D eigenvalue weighted by Crippen LogP contribution is 2.40. The molecule has 2 aliphatic rings. The van der Waals surface area contributed by atoms with E-state index in [4.69, 9.17) is 0 Å². The number of nitrogens with zero attached hydrogens (tertiary/aromatic N) is 3. The van der Waals surface area contributed by atoms with Crippen LogP contribution in [-0.2, 0) is 0 Å². The Balaban J connectivity index is 1.89. The quantitative estimate of drug-likeness (QED) is 0.778. The molecule has 0 radical (unpaired) electrons. The molecule has 4 heteroatoms. The third-order valence-electron chi connectivity index (χ3n) is 4.82. The van der Waals surface area contributed by atoms with Crippen LogP contribution in [0.5, 0.6) is 0 Å². The summed E-state index contributed by atoms with van der Waals surface area (Å²) in [5.41, 5.74) is -0.317. The van der Waals surface area contributed by atoms with E-state index < -0.39 is 0 Å². The highest BCUT2D eigenvalue weighted by molar-refractivity contribution is 5.17. The van der Waals surface area contributed by atoms with Gasteiger partial charge in [-0.2, -0.15) is 5.26 Å². The monoisotopic (exact) mass is 292 g/mol. The molecule has 0 spiro atoms. The van der Waals surface area contributed by atoms with Crippen molar-refractivity contribution in [2.45, 2.75) is 51.1 Å². The molecule has 4 nitrogen and oxygen atoms in total. The van der Waals surface area contributed by atoms with E-state index in [1.807, 2.05) is 0 Å². The Kier molecular flexibility index (Phi) is 5.65. The normalized spacial score (nSPS) is 24.2. The van der Waals surface area contributed by atoms with Gasteiger partial charge in [0.2, 0.25) is 0 Å². The molecular formula is C17H32N4. The largest absolute Gasteiger partial charge is 0.309 e. The van der Waals surface area contributed by atoms with Crippen LogP contribution in [0.3, 0.4) is 0 Å². The second-order valence-electron chi connectivity index (χ2n) is 7.64. The Morgan fingerprint density at radius 3 is 2.29 bits per heavy atom. The fourth-order valence-corrected chi connectivity index (χ4v) is 3.74. The van der Waals surface area contributed by atoms with Crippen LogP contribution >= 0.6 is 0 Å². The third kappa shape index (κ3) is 4.67. The average Bonchev–Trinajstić information content (AvgIpc) is 3.23. The summed E-state index contributed by atoms with van der Waals surface area (Å²) in [5.74, 6) is 1.39. The van der Waals surface area contributed by atoms with Gasteiger partial charge in [-0.25, -0.2) is 0 Å². The van der Waals surface area contributed by atoms with Gasteiger partial charge in [-0.1, -0.05) is 0 Å². The van der Waals surface area contributed by atoms with E-state index in [0.29, 0.717) is 12.0 Å². The number of nitriles is 1. The van der Waals surface area contributed by atoms with Gasteiger partial charge in [0.05, 0.1) is 6.07 Å². The Morgan fingerprint density at radius 1 is 1.24 bits per heavy atom. The zero-order chi connectivity index (χ0) is 15.5. The minimum absolute atomic E-state index is 0.317. The van der Waals surface area contributed by atoms with E-state index >= 15 is 0 Å². The van der Waals surface area contributed by atoms with Crippen LogP contribution in [0.2, 0.25) is 0 Å². The summed E-state index contributed by atoms with van der Waals surface area (Å²) in [6.07, 6.45) is 4.97. The maximum atomic E-state index is 9.79. The van der Waals surface area contributed by atoms with E-state index in [9.17, 15) is 5.26 Å². The molecule has 1 aliphatic carbocycles. The average molecular weight is 292 g/mol. The standard InChI is InChI=1S/C17H32N4/c1-14(2)19-17(12-18,16-5-6-16)13-21-9-7-15(8-10-21)11-20(3)4/h14-16,19H,5-11,13H2,1-4H3. The number of piperidine rings is 1. The molecule has 0 amide bonds. The predicted octanol–water partition coefficient (Wildman–Crippen LogP) is 1.93. The van der Waals surface area contributed by atoms with Crippen molar-refractivity contribution >= 4 is 0 Å². The highest BCUT2D eigenvalue weighted by atomic mass is 15.2. The van der Waals surface area contributed by atoms with Gasteiger partial charge in [-0.15, -0.1) is 0 Å². The molecule has 0 aromatic heterocycles. The molecular weight excluding hydrogens is 260 g/mol. The summed E-state index contributed by atoms with van der Waals surface area (Å²) in [5, 5.41) is 13.4. The molecule has 0 bridgehead atoms. The number of hydrogen-bond donors (Lipinski definition) is 1. The lowest BCUT2D eigenvalue weighted by Crippen LogP contribution is -2.57. The lowest BCUT2D eigenvalue weighted by Gasteiger charge is -2.39. The first kappa shape index (κ1) is 16.7. The van der Waals surface area contributed by atoms with Gasteiger partial charge in [0.15, 0.2) is 0 Å². The van der Waals surface area contributed by atoms with Crippen molar-refractivity contribution in [3.05, 3.63) is 0 Å². The van der Waals surface area contributed by atoms with Crippen molar-refractivity contribution in [3.8, 4) is 6.07 Å². The maximum absolute atomic E-state index is 9.79. The molecule has 1 N–H and O–H groups in total. The van der Waals surface area contributed by atoms with Gasteiger partial charge in [-0.05, 0) is 78.6 Å². The topological polar surface area (TPSA) is 42.3 Å². The molecule has 2 rings (SSSR count). The fraction of sp³-hybridized carbons (Fsp3) is 0.941. The maximum Gasteiger partial charge on any atom is 0.122 e. The van der Waals surface area contributed by atoms with Gasteiger partial charge in [0.25, 0.3) is 0 Å². The van der Waals surface area contributed by atoms with Gasteiger partial charge in [0.1, 0.15) is 5.54 Å². The Bertz CT molecular complexity index is 361. The van der Waals surface area contributed by atoms with Crippen LogP contribution in [-0.4, -0.2) is 61.7 Å². The summed E-state index contributed by atoms with van der Waals surface area (Å²) >= 11 is 0. The van der Waals surface area contributed by atoms with Crippen LogP contribution in [0.15, 0.2) is 0 Å². The number of nitrogens with one attached hydrogen (secondary N) is 1. The lowest BCUT2D eigenvalue weighted by atomic mass is 9.90. The first-order chi connectivity index (χ1) is 9.95. The van der Waals surface area contributed by atoms with E-state index in [-0.39, 0.29) is 5.54 Å². The first-order valence-electron chi connectivity index (χ1n) is 8.51. The molecule has 120 valence electrons. The van der Waals surface area contributed by atoms with Crippen LogP contribution in [0, 0.1) is 23.2 Å². The molecule has 2 fully saturated rings. The van der Waals surface area contributed by atoms with Crippen molar-refractivity contribution in [1.29, 1.82) is 5.26 Å². The molecule has 1 aliphatic heterocycles. The summed E-state index contributed by atoms with van der Waals surface area (Å²) in [6.45, 7) is 8.70. The number of likely N-dealkylation sites (tertiary alicyclic amines) is 1. The summed E-state index contributed by atoms with van der Waals surface area (Å²) in [4.78, 5) is 4.81. The lowest BCUT2D eigenvalue weighted by molar-refractivity contribution is 0.127. The Hall–Kier alpha value is -0.630. The van der Waals surface area contributed by atoms with Crippen molar-refractivity contribution in [2.75, 3.05) is 40.3 Å². The van der Waals surface area contributed by atoms with Crippen molar-refractivity contribution in [1.82, 2.24) is 15.1 Å². The van der Waals surface area contributed by atoms with Gasteiger partial charge in [0, 0.05) is 19.1 Å². The summed E-state index contributed by atoms with van der Waals surface area (Å²) in [6, 6.07) is 3.01. The summed E-state index contributed by atoms with van der Waals surface area (Å²) in [7, 11) is 4.32. The summed E-state index contributed by atoms with van der Waals surface area (Å²) < 4.78 is 0. The van der Waals surface area contributed by atoms with Gasteiger partial charge >= 0.3 is 0 Å². The molecule has 0 aromatic rings. The SMILES string of the molecule is CC(C)NC(C#N)(CN1CCC(CN(C)C)CC1)C1CC1. The van der Waals surface area contributed by atoms with Crippen LogP contribution in [0.4, 0.5) is 0 Å². The molecule has 1 unspecified atom stereocenters. The number of rotatable bonds is 7. The number of hydrogen-bond acceptors (Lipinski definition) is 4. The zero-order valence-corrected chi connectivity index (χ0v) is 14.2. The molecule has 1 saturated heterocycles. The zero-order valence-electron chi connectivity index (χ0n) is 14.2. The minimum atomic E-state index is -0.317. The third-order valence-corrected chi connectivity index (χ3v) is 4.82. The molecule has 0 aromatic carbocycles. The second kappa shape index (κ2) is 7.09. The predicted molar refractivity (Wildman–Crippen MR) is 87.1 cm³/mol. The van der Waals surface area contributed by atoms with E-state index in [1.165, 1.54) is 32.2 Å². The molecule has 1 atom stereocenters. The van der Waals surface area contributed by atoms with Gasteiger partial charge < -0.3 is 9.80 Å². The second-order valence-corrected chi connectivity index (χ2v) is 7.64. The van der Waals surface area contributed by atoms with Crippen LogP contribution < -0.4 is 5.32 Å². The van der Waals surface area contributed by atoms with Crippen LogP contribution in [0.25, 0.3) is 0 Å². The molecule has 1 saturated carbocycles. The van der Waals surface area contributed by atoms with Gasteiger partial charge in [-0.3, -0.25) is 5.32 Å². The Labute approximate surface area is 130 Å². The van der Waals surface area contributed by atoms with Crippen LogP contribution in [0.1, 0.15) is 39.5 Å². The minimum Gasteiger partial charge on any atom is -0.309 e. The molecule has 1 heterocycles. The van der Waals surface area contributed by atoms with Crippen molar-refractivity contribution in [3.63, 3.8) is 0 Å². The first-order valence-corrected chi connectivity index (χ1v) is 8.51.